The average molecular weight is 388 g/mol. The van der Waals surface area contributed by atoms with Crippen molar-refractivity contribution in [3.63, 3.8) is 0 Å². The molecule has 0 spiro atoms. The minimum atomic E-state index is -4.35. The van der Waals surface area contributed by atoms with Gasteiger partial charge in [0.1, 0.15) is 0 Å². The summed E-state index contributed by atoms with van der Waals surface area (Å²) in [6.07, 6.45) is 1.51. The number of aryl methyl sites for hydroxylation is 2. The third-order valence-electron chi connectivity index (χ3n) is 5.15. The van der Waals surface area contributed by atoms with Gasteiger partial charge in [-0.3, -0.25) is 0 Å². The number of hydrogen-bond donors (Lipinski definition) is 2. The van der Waals surface area contributed by atoms with Crippen LogP contribution in [0.1, 0.15) is 49.3 Å². The molecule has 0 saturated heterocycles. The molecule has 0 fully saturated rings. The molecule has 0 bridgehead atoms. The predicted molar refractivity (Wildman–Crippen MR) is 109 cm³/mol. The molecule has 2 aromatic carbocycles. The van der Waals surface area contributed by atoms with E-state index in [1.54, 1.807) is 6.07 Å². The van der Waals surface area contributed by atoms with Crippen molar-refractivity contribution in [2.24, 2.45) is 5.73 Å². The smallest absolute Gasteiger partial charge is 0.354 e. The molecule has 150 valence electrons. The number of benzene rings is 2. The molecule has 0 aliphatic rings. The quantitative estimate of drug-likeness (QED) is 0.426. The second-order valence-electron chi connectivity index (χ2n) is 7.29. The van der Waals surface area contributed by atoms with Crippen molar-refractivity contribution in [3.05, 3.63) is 59.2 Å². The highest BCUT2D eigenvalue weighted by atomic mass is 19.4. The average Bonchev–Trinajstić information content (AvgIpc) is 3.04. The largest absolute Gasteiger partial charge is 0.416 e. The highest BCUT2D eigenvalue weighted by Crippen LogP contribution is 2.36. The van der Waals surface area contributed by atoms with Crippen molar-refractivity contribution >= 4 is 10.9 Å². The molecule has 0 unspecified atom stereocenters. The number of aromatic amines is 1. The minimum absolute atomic E-state index is 0.573. The summed E-state index contributed by atoms with van der Waals surface area (Å²) < 4.78 is 39.6. The Morgan fingerprint density at radius 3 is 2.50 bits per heavy atom. The highest BCUT2D eigenvalue weighted by molar-refractivity contribution is 5.91. The molecule has 0 aliphatic carbocycles. The molecule has 0 aliphatic heterocycles. The van der Waals surface area contributed by atoms with Crippen LogP contribution in [-0.4, -0.2) is 11.5 Å². The van der Waals surface area contributed by atoms with Gasteiger partial charge in [0.05, 0.1) is 5.56 Å². The normalized spacial score (nSPS) is 12.0. The molecule has 0 radical (unpaired) electrons. The summed E-state index contributed by atoms with van der Waals surface area (Å²) in [7, 11) is 0. The number of hydrogen-bond acceptors (Lipinski definition) is 1. The third-order valence-corrected chi connectivity index (χ3v) is 5.15. The van der Waals surface area contributed by atoms with Gasteiger partial charge < -0.3 is 10.7 Å². The molecule has 1 heterocycles. The van der Waals surface area contributed by atoms with Crippen LogP contribution in [0.4, 0.5) is 13.2 Å². The maximum absolute atomic E-state index is 13.2. The molecule has 0 saturated carbocycles. The summed E-state index contributed by atoms with van der Waals surface area (Å²) in [4.78, 5) is 3.37. The lowest BCUT2D eigenvalue weighted by Gasteiger charge is -2.10. The minimum Gasteiger partial charge on any atom is -0.354 e. The Morgan fingerprint density at radius 2 is 1.79 bits per heavy atom. The van der Waals surface area contributed by atoms with E-state index in [2.05, 4.69) is 24.0 Å². The molecule has 28 heavy (non-hydrogen) atoms. The zero-order chi connectivity index (χ0) is 20.1. The number of aromatic nitrogens is 1. The van der Waals surface area contributed by atoms with E-state index in [0.717, 1.165) is 66.8 Å². The maximum Gasteiger partial charge on any atom is 0.416 e. The summed E-state index contributed by atoms with van der Waals surface area (Å²) in [6, 6.07) is 11.9. The van der Waals surface area contributed by atoms with Crippen molar-refractivity contribution in [2.75, 3.05) is 6.54 Å². The number of unbranched alkanes of at least 4 members (excludes halogenated alkanes) is 2. The first-order chi connectivity index (χ1) is 13.4. The Hall–Kier alpha value is -2.27. The number of rotatable bonds is 8. The van der Waals surface area contributed by atoms with E-state index in [4.69, 9.17) is 5.73 Å². The summed E-state index contributed by atoms with van der Waals surface area (Å²) in [5, 5.41) is 1.11. The molecule has 3 rings (SSSR count). The Bertz CT molecular complexity index is 925. The molecular weight excluding hydrogens is 361 g/mol. The van der Waals surface area contributed by atoms with Gasteiger partial charge in [0.25, 0.3) is 0 Å². The lowest BCUT2D eigenvalue weighted by molar-refractivity contribution is -0.137. The third kappa shape index (κ3) is 4.58. The Kier molecular flexibility index (Phi) is 6.45. The first-order valence-corrected chi connectivity index (χ1v) is 9.95. The van der Waals surface area contributed by atoms with Gasteiger partial charge in [-0.25, -0.2) is 0 Å². The van der Waals surface area contributed by atoms with Crippen LogP contribution in [-0.2, 0) is 19.0 Å². The van der Waals surface area contributed by atoms with Crippen LogP contribution in [0.5, 0.6) is 0 Å². The fraction of sp³-hybridized carbons (Fsp3) is 0.391. The number of alkyl halides is 3. The zero-order valence-corrected chi connectivity index (χ0v) is 16.2. The summed E-state index contributed by atoms with van der Waals surface area (Å²) >= 11 is 0. The Morgan fingerprint density at radius 1 is 0.964 bits per heavy atom. The molecular formula is C23H27F3N2. The fourth-order valence-electron chi connectivity index (χ4n) is 3.63. The van der Waals surface area contributed by atoms with E-state index >= 15 is 0 Å². The van der Waals surface area contributed by atoms with Crippen molar-refractivity contribution < 1.29 is 13.2 Å². The van der Waals surface area contributed by atoms with E-state index in [9.17, 15) is 13.2 Å². The van der Waals surface area contributed by atoms with E-state index in [1.165, 1.54) is 17.7 Å². The molecule has 0 amide bonds. The van der Waals surface area contributed by atoms with Crippen LogP contribution in [0.2, 0.25) is 0 Å². The monoisotopic (exact) mass is 388 g/mol. The van der Waals surface area contributed by atoms with Crippen LogP contribution in [0.15, 0.2) is 42.5 Å². The molecule has 3 aromatic rings. The number of fused-ring (bicyclic) bond motifs is 1. The van der Waals surface area contributed by atoms with E-state index in [0.29, 0.717) is 12.1 Å². The van der Waals surface area contributed by atoms with Gasteiger partial charge in [0.15, 0.2) is 0 Å². The van der Waals surface area contributed by atoms with Gasteiger partial charge in [-0.05, 0) is 79.6 Å². The van der Waals surface area contributed by atoms with Crippen LogP contribution >= 0.6 is 0 Å². The second-order valence-corrected chi connectivity index (χ2v) is 7.29. The lowest BCUT2D eigenvalue weighted by atomic mass is 9.97. The van der Waals surface area contributed by atoms with Gasteiger partial charge in [-0.15, -0.1) is 0 Å². The van der Waals surface area contributed by atoms with Gasteiger partial charge in [0.2, 0.25) is 0 Å². The van der Waals surface area contributed by atoms with Crippen molar-refractivity contribution in [3.8, 4) is 11.3 Å². The SMILES string of the molecule is CCCCc1ccc2[nH]c(-c3cccc(C(F)(F)F)c3)c(CCCCN)c2c1. The first-order valence-electron chi connectivity index (χ1n) is 9.95. The van der Waals surface area contributed by atoms with Crippen LogP contribution in [0.25, 0.3) is 22.2 Å². The maximum atomic E-state index is 13.2. The summed E-state index contributed by atoms with van der Waals surface area (Å²) in [5.41, 5.74) is 9.69. The van der Waals surface area contributed by atoms with E-state index in [1.807, 2.05) is 6.07 Å². The van der Waals surface area contributed by atoms with Crippen molar-refractivity contribution in [1.29, 1.82) is 0 Å². The van der Waals surface area contributed by atoms with Gasteiger partial charge in [0, 0.05) is 16.6 Å². The zero-order valence-electron chi connectivity index (χ0n) is 16.2. The van der Waals surface area contributed by atoms with E-state index in [-0.39, 0.29) is 0 Å². The topological polar surface area (TPSA) is 41.8 Å². The van der Waals surface area contributed by atoms with Crippen molar-refractivity contribution in [1.82, 2.24) is 4.98 Å². The molecule has 3 N–H and O–H groups in total. The van der Waals surface area contributed by atoms with E-state index < -0.39 is 11.7 Å². The lowest BCUT2D eigenvalue weighted by Crippen LogP contribution is -2.04. The summed E-state index contributed by atoms with van der Waals surface area (Å²) in [6.45, 7) is 2.78. The molecule has 1 aromatic heterocycles. The molecule has 0 atom stereocenters. The number of halogens is 3. The first kappa shape index (κ1) is 20.5. The fourth-order valence-corrected chi connectivity index (χ4v) is 3.63. The standard InChI is InChI=1S/C23H27F3N2/c1-2-3-7-16-11-12-21-20(14-16)19(10-4-5-13-27)22(28-21)17-8-6-9-18(15-17)23(24,25)26/h6,8-9,11-12,14-15,28H,2-5,7,10,13,27H2,1H3. The van der Waals surface area contributed by atoms with Crippen LogP contribution in [0, 0.1) is 0 Å². The van der Waals surface area contributed by atoms with Crippen molar-refractivity contribution in [2.45, 2.75) is 51.6 Å². The number of nitrogens with one attached hydrogen (secondary N) is 1. The number of nitrogens with two attached hydrogens (primary N) is 1. The Balaban J connectivity index is 2.08. The second kappa shape index (κ2) is 8.82. The van der Waals surface area contributed by atoms with Gasteiger partial charge in [-0.2, -0.15) is 13.2 Å². The predicted octanol–water partition coefficient (Wildman–Crippen LogP) is 6.48. The number of H-pyrrole nitrogens is 1. The Labute approximate surface area is 164 Å². The van der Waals surface area contributed by atoms with Gasteiger partial charge in [-0.1, -0.05) is 31.5 Å². The van der Waals surface area contributed by atoms with Gasteiger partial charge >= 0.3 is 6.18 Å². The molecule has 5 heteroatoms. The van der Waals surface area contributed by atoms with Crippen LogP contribution < -0.4 is 5.73 Å². The summed E-state index contributed by atoms with van der Waals surface area (Å²) in [5.74, 6) is 0. The highest BCUT2D eigenvalue weighted by Gasteiger charge is 2.30. The van der Waals surface area contributed by atoms with Crippen LogP contribution in [0.3, 0.4) is 0 Å². The molecule has 2 nitrogen and oxygen atoms in total.